The number of nitrogens with zero attached hydrogens (tertiary/aromatic N) is 1. The average Bonchev–Trinajstić information content (AvgIpc) is 2.62. The zero-order valence-electron chi connectivity index (χ0n) is 14.5. The first-order valence-corrected chi connectivity index (χ1v) is 8.67. The van der Waals surface area contributed by atoms with Crippen molar-refractivity contribution in [3.63, 3.8) is 0 Å². The van der Waals surface area contributed by atoms with Crippen LogP contribution in [0.15, 0.2) is 30.3 Å². The third-order valence-electron chi connectivity index (χ3n) is 4.13. The zero-order valence-corrected chi connectivity index (χ0v) is 15.3. The first-order valence-electron chi connectivity index (χ1n) is 8.67. The topological polar surface area (TPSA) is 82.0 Å². The molecule has 2 fully saturated rings. The van der Waals surface area contributed by atoms with Gasteiger partial charge >= 0.3 is 6.09 Å². The van der Waals surface area contributed by atoms with E-state index in [4.69, 9.17) is 9.84 Å². The molecule has 2 heterocycles. The number of piperidine rings is 2. The van der Waals surface area contributed by atoms with Gasteiger partial charge in [-0.2, -0.15) is 0 Å². The number of hydrogen-bond acceptors (Lipinski definition) is 5. The molecule has 2 saturated heterocycles. The fourth-order valence-electron chi connectivity index (χ4n) is 2.76. The molecule has 0 bridgehead atoms. The molecule has 6 nitrogen and oxygen atoms in total. The summed E-state index contributed by atoms with van der Waals surface area (Å²) in [7, 11) is 0. The minimum Gasteiger partial charge on any atom is -0.445 e. The summed E-state index contributed by atoms with van der Waals surface area (Å²) in [5.41, 5.74) is 0.971. The van der Waals surface area contributed by atoms with Crippen LogP contribution in [0.1, 0.15) is 31.2 Å². The Labute approximate surface area is 155 Å². The highest BCUT2D eigenvalue weighted by Gasteiger charge is 2.22. The highest BCUT2D eigenvalue weighted by molar-refractivity contribution is 5.85. The SMILES string of the molecule is Cl.O=C(OCc1ccccc1)N1CCCC(O)C1.OC1CCCNC1. The minimum atomic E-state index is -0.409. The average molecular weight is 373 g/mol. The van der Waals surface area contributed by atoms with Crippen molar-refractivity contribution in [3.05, 3.63) is 35.9 Å². The monoisotopic (exact) mass is 372 g/mol. The van der Waals surface area contributed by atoms with Crippen molar-refractivity contribution in [1.82, 2.24) is 10.2 Å². The molecule has 7 heteroatoms. The van der Waals surface area contributed by atoms with E-state index in [0.29, 0.717) is 13.1 Å². The Morgan fingerprint density at radius 3 is 2.44 bits per heavy atom. The number of β-amino-alcohol motifs (C(OH)–C–C–N with tert-alkyl or cyclic N) is 2. The summed E-state index contributed by atoms with van der Waals surface area (Å²) in [6, 6.07) is 9.57. The maximum atomic E-state index is 11.7. The van der Waals surface area contributed by atoms with Crippen LogP contribution in [0.3, 0.4) is 0 Å². The number of carbonyl (C=O) groups is 1. The van der Waals surface area contributed by atoms with Gasteiger partial charge in [-0.1, -0.05) is 30.3 Å². The van der Waals surface area contributed by atoms with Crippen LogP contribution >= 0.6 is 12.4 Å². The molecule has 3 rings (SSSR count). The predicted molar refractivity (Wildman–Crippen MR) is 98.8 cm³/mol. The molecule has 0 radical (unpaired) electrons. The molecule has 3 N–H and O–H groups in total. The van der Waals surface area contributed by atoms with Crippen molar-refractivity contribution in [1.29, 1.82) is 0 Å². The number of benzene rings is 1. The minimum absolute atomic E-state index is 0. The number of ether oxygens (including phenoxy) is 1. The summed E-state index contributed by atoms with van der Waals surface area (Å²) in [4.78, 5) is 13.3. The lowest BCUT2D eigenvalue weighted by atomic mass is 10.1. The number of amides is 1. The fourth-order valence-corrected chi connectivity index (χ4v) is 2.76. The normalized spacial score (nSPS) is 22.9. The largest absolute Gasteiger partial charge is 0.445 e. The van der Waals surface area contributed by atoms with Crippen molar-refractivity contribution >= 4 is 18.5 Å². The van der Waals surface area contributed by atoms with Gasteiger partial charge in [0.15, 0.2) is 0 Å². The zero-order chi connectivity index (χ0) is 17.2. The Hall–Kier alpha value is -1.34. The van der Waals surface area contributed by atoms with E-state index in [2.05, 4.69) is 5.32 Å². The van der Waals surface area contributed by atoms with Crippen molar-refractivity contribution < 1.29 is 19.7 Å². The number of hydrogen-bond donors (Lipinski definition) is 3. The molecule has 0 saturated carbocycles. The molecule has 1 aromatic rings. The van der Waals surface area contributed by atoms with Crippen molar-refractivity contribution in [3.8, 4) is 0 Å². The summed E-state index contributed by atoms with van der Waals surface area (Å²) in [5.74, 6) is 0. The summed E-state index contributed by atoms with van der Waals surface area (Å²) in [5, 5.41) is 21.4. The van der Waals surface area contributed by atoms with E-state index in [9.17, 15) is 9.90 Å². The van der Waals surface area contributed by atoms with E-state index in [0.717, 1.165) is 44.3 Å². The van der Waals surface area contributed by atoms with E-state index >= 15 is 0 Å². The summed E-state index contributed by atoms with van der Waals surface area (Å²) < 4.78 is 5.19. The van der Waals surface area contributed by atoms with Crippen molar-refractivity contribution in [2.75, 3.05) is 26.2 Å². The Morgan fingerprint density at radius 1 is 1.16 bits per heavy atom. The van der Waals surface area contributed by atoms with Gasteiger partial charge in [-0.15, -0.1) is 12.4 Å². The maximum Gasteiger partial charge on any atom is 0.410 e. The highest BCUT2D eigenvalue weighted by atomic mass is 35.5. The Bertz CT molecular complexity index is 483. The third kappa shape index (κ3) is 8.54. The van der Waals surface area contributed by atoms with Gasteiger partial charge < -0.3 is 25.2 Å². The molecule has 0 aliphatic carbocycles. The molecule has 0 aromatic heterocycles. The molecule has 142 valence electrons. The number of nitrogens with one attached hydrogen (secondary N) is 1. The standard InChI is InChI=1S/C13H17NO3.C5H11NO.ClH/c15-12-7-4-8-14(9-12)13(16)17-10-11-5-2-1-3-6-11;7-5-2-1-3-6-4-5;/h1-3,5-6,12,15H,4,7-10H2;5-7H,1-4H2;1H. The first kappa shape index (κ1) is 21.7. The van der Waals surface area contributed by atoms with Gasteiger partial charge in [0.25, 0.3) is 0 Å². The fraction of sp³-hybridized carbons (Fsp3) is 0.611. The van der Waals surface area contributed by atoms with Crippen LogP contribution in [0.4, 0.5) is 4.79 Å². The van der Waals surface area contributed by atoms with Crippen LogP contribution in [0.2, 0.25) is 0 Å². The van der Waals surface area contributed by atoms with Crippen LogP contribution in [-0.2, 0) is 11.3 Å². The lowest BCUT2D eigenvalue weighted by molar-refractivity contribution is 0.0461. The van der Waals surface area contributed by atoms with E-state index < -0.39 is 6.10 Å². The number of carbonyl (C=O) groups excluding carboxylic acids is 1. The van der Waals surface area contributed by atoms with E-state index in [1.807, 2.05) is 30.3 Å². The number of likely N-dealkylation sites (tertiary alicyclic amines) is 1. The molecular formula is C18H29ClN2O4. The first-order chi connectivity index (χ1) is 11.6. The molecule has 0 spiro atoms. The number of halogens is 1. The number of aliphatic hydroxyl groups is 2. The third-order valence-corrected chi connectivity index (χ3v) is 4.13. The lowest BCUT2D eigenvalue weighted by Crippen LogP contribution is -2.42. The Kier molecular flexibility index (Phi) is 10.5. The maximum absolute atomic E-state index is 11.7. The van der Waals surface area contributed by atoms with Gasteiger partial charge in [0.05, 0.1) is 12.2 Å². The van der Waals surface area contributed by atoms with E-state index in [1.165, 1.54) is 0 Å². The molecule has 2 aliphatic rings. The van der Waals surface area contributed by atoms with Crippen LogP contribution < -0.4 is 5.32 Å². The second-order valence-corrected chi connectivity index (χ2v) is 6.28. The van der Waals surface area contributed by atoms with Gasteiger partial charge in [-0.05, 0) is 37.8 Å². The van der Waals surface area contributed by atoms with Crippen molar-refractivity contribution in [2.45, 2.75) is 44.5 Å². The van der Waals surface area contributed by atoms with Crippen LogP contribution in [0.5, 0.6) is 0 Å². The van der Waals surface area contributed by atoms with Gasteiger partial charge in [0, 0.05) is 19.6 Å². The molecule has 2 unspecified atom stereocenters. The Balaban J connectivity index is 0.000000330. The molecule has 25 heavy (non-hydrogen) atoms. The van der Waals surface area contributed by atoms with Crippen LogP contribution in [0, 0.1) is 0 Å². The predicted octanol–water partition coefficient (Wildman–Crippen LogP) is 1.93. The van der Waals surface area contributed by atoms with Crippen LogP contribution in [0.25, 0.3) is 0 Å². The van der Waals surface area contributed by atoms with Gasteiger partial charge in [0.1, 0.15) is 6.61 Å². The summed E-state index contributed by atoms with van der Waals surface area (Å²) in [6.07, 6.45) is 2.88. The van der Waals surface area contributed by atoms with Gasteiger partial charge in [0.2, 0.25) is 0 Å². The summed E-state index contributed by atoms with van der Waals surface area (Å²) in [6.45, 7) is 3.21. The second-order valence-electron chi connectivity index (χ2n) is 6.28. The highest BCUT2D eigenvalue weighted by Crippen LogP contribution is 2.11. The lowest BCUT2D eigenvalue weighted by Gasteiger charge is -2.29. The smallest absolute Gasteiger partial charge is 0.410 e. The van der Waals surface area contributed by atoms with E-state index in [1.54, 1.807) is 4.90 Å². The Morgan fingerprint density at radius 2 is 1.88 bits per heavy atom. The van der Waals surface area contributed by atoms with E-state index in [-0.39, 0.29) is 31.2 Å². The molecule has 1 amide bonds. The number of aliphatic hydroxyl groups excluding tert-OH is 2. The molecule has 2 aliphatic heterocycles. The molecule has 2 atom stereocenters. The van der Waals surface area contributed by atoms with Crippen molar-refractivity contribution in [2.24, 2.45) is 0 Å². The molecule has 1 aromatic carbocycles. The quantitative estimate of drug-likeness (QED) is 0.739. The van der Waals surface area contributed by atoms with Gasteiger partial charge in [-0.3, -0.25) is 0 Å². The van der Waals surface area contributed by atoms with Gasteiger partial charge in [-0.25, -0.2) is 4.79 Å². The van der Waals surface area contributed by atoms with Crippen LogP contribution in [-0.4, -0.2) is 59.6 Å². The number of rotatable bonds is 2. The molecular weight excluding hydrogens is 344 g/mol. The summed E-state index contributed by atoms with van der Waals surface area (Å²) >= 11 is 0. The second kappa shape index (κ2) is 12.1.